The minimum atomic E-state index is 0.681. The molecule has 0 aliphatic carbocycles. The highest BCUT2D eigenvalue weighted by atomic mass is 32.2. The molecule has 0 radical (unpaired) electrons. The summed E-state index contributed by atoms with van der Waals surface area (Å²) in [7, 11) is 0. The van der Waals surface area contributed by atoms with Crippen molar-refractivity contribution in [2.24, 2.45) is 0 Å². The van der Waals surface area contributed by atoms with E-state index in [9.17, 15) is 0 Å². The second-order valence-electron chi connectivity index (χ2n) is 4.80. The maximum atomic E-state index is 3.70. The Morgan fingerprint density at radius 2 is 1.62 bits per heavy atom. The summed E-state index contributed by atoms with van der Waals surface area (Å²) in [5, 5.41) is 3.70. The molecule has 0 bridgehead atoms. The van der Waals surface area contributed by atoms with E-state index in [2.05, 4.69) is 33.0 Å². The third kappa shape index (κ3) is 10.8. The summed E-state index contributed by atoms with van der Waals surface area (Å²) in [6.07, 6.45) is 8.17. The van der Waals surface area contributed by atoms with Gasteiger partial charge in [0.25, 0.3) is 0 Å². The van der Waals surface area contributed by atoms with Gasteiger partial charge < -0.3 is 5.32 Å². The van der Waals surface area contributed by atoms with Crippen molar-refractivity contribution in [2.75, 3.05) is 11.5 Å². The van der Waals surface area contributed by atoms with Gasteiger partial charge in [0.1, 0.15) is 0 Å². The fraction of sp³-hybridized carbons (Fsp3) is 1.00. The quantitative estimate of drug-likeness (QED) is 0.539. The predicted octanol–water partition coefficient (Wildman–Crippen LogP) is 4.47. The van der Waals surface area contributed by atoms with Crippen molar-refractivity contribution in [3.63, 3.8) is 0 Å². The van der Waals surface area contributed by atoms with Crippen molar-refractivity contribution < 1.29 is 0 Å². The van der Waals surface area contributed by atoms with Crippen molar-refractivity contribution in [3.05, 3.63) is 0 Å². The van der Waals surface area contributed by atoms with Crippen LogP contribution in [0.4, 0.5) is 0 Å². The van der Waals surface area contributed by atoms with Crippen LogP contribution in [-0.2, 0) is 0 Å². The molecule has 0 rings (SSSR count). The van der Waals surface area contributed by atoms with E-state index in [0.29, 0.717) is 12.1 Å². The van der Waals surface area contributed by atoms with Crippen LogP contribution in [-0.4, -0.2) is 23.6 Å². The molecule has 0 saturated carbocycles. The molecule has 16 heavy (non-hydrogen) atoms. The molecule has 2 atom stereocenters. The average Bonchev–Trinajstić information content (AvgIpc) is 2.25. The molecule has 0 aromatic carbocycles. The lowest BCUT2D eigenvalue weighted by Gasteiger charge is -2.19. The standard InChI is InChI=1S/C14H31NS/c1-5-7-8-9-10-13(3)15-14(4)11-12-16-6-2/h13-15H,5-12H2,1-4H3. The van der Waals surface area contributed by atoms with Gasteiger partial charge in [0.05, 0.1) is 0 Å². The van der Waals surface area contributed by atoms with Crippen molar-refractivity contribution >= 4 is 11.8 Å². The number of unbranched alkanes of at least 4 members (excludes halogenated alkanes) is 3. The van der Waals surface area contributed by atoms with Crippen LogP contribution in [0.5, 0.6) is 0 Å². The molecule has 1 nitrogen and oxygen atoms in total. The Balaban J connectivity index is 3.35. The van der Waals surface area contributed by atoms with Gasteiger partial charge in [0, 0.05) is 12.1 Å². The normalized spacial score (nSPS) is 15.0. The molecule has 0 saturated heterocycles. The molecule has 0 amide bonds. The van der Waals surface area contributed by atoms with Crippen molar-refractivity contribution in [1.82, 2.24) is 5.32 Å². The van der Waals surface area contributed by atoms with E-state index >= 15 is 0 Å². The van der Waals surface area contributed by atoms with Crippen molar-refractivity contribution in [1.29, 1.82) is 0 Å². The summed E-state index contributed by atoms with van der Waals surface area (Å²) in [6.45, 7) is 9.16. The first-order valence-electron chi connectivity index (χ1n) is 7.04. The Kier molecular flexibility index (Phi) is 12.0. The Morgan fingerprint density at radius 3 is 2.25 bits per heavy atom. The predicted molar refractivity (Wildman–Crippen MR) is 78.4 cm³/mol. The van der Waals surface area contributed by atoms with Gasteiger partial charge in [-0.15, -0.1) is 0 Å². The molecule has 0 aromatic rings. The highest BCUT2D eigenvalue weighted by molar-refractivity contribution is 7.99. The molecule has 0 heterocycles. The van der Waals surface area contributed by atoms with E-state index in [-0.39, 0.29) is 0 Å². The average molecular weight is 245 g/mol. The van der Waals surface area contributed by atoms with Gasteiger partial charge in [0.15, 0.2) is 0 Å². The lowest BCUT2D eigenvalue weighted by Crippen LogP contribution is -2.34. The highest BCUT2D eigenvalue weighted by Crippen LogP contribution is 2.08. The van der Waals surface area contributed by atoms with Gasteiger partial charge in [-0.05, 0) is 38.2 Å². The maximum Gasteiger partial charge on any atom is 0.00490 e. The lowest BCUT2D eigenvalue weighted by molar-refractivity contribution is 0.425. The maximum absolute atomic E-state index is 3.70. The summed E-state index contributed by atoms with van der Waals surface area (Å²) in [5.74, 6) is 2.55. The zero-order chi connectivity index (χ0) is 12.2. The van der Waals surface area contributed by atoms with Crippen LogP contribution in [0, 0.1) is 0 Å². The van der Waals surface area contributed by atoms with E-state index in [1.54, 1.807) is 0 Å². The van der Waals surface area contributed by atoms with Gasteiger partial charge in [-0.2, -0.15) is 11.8 Å². The topological polar surface area (TPSA) is 12.0 Å². The Hall–Kier alpha value is 0.310. The monoisotopic (exact) mass is 245 g/mol. The molecule has 2 heteroatoms. The number of hydrogen-bond acceptors (Lipinski definition) is 2. The molecular formula is C14H31NS. The van der Waals surface area contributed by atoms with E-state index in [1.165, 1.54) is 50.0 Å². The van der Waals surface area contributed by atoms with Gasteiger partial charge in [-0.3, -0.25) is 0 Å². The van der Waals surface area contributed by atoms with Crippen LogP contribution in [0.15, 0.2) is 0 Å². The summed E-state index contributed by atoms with van der Waals surface area (Å²) in [6, 6.07) is 1.37. The molecular weight excluding hydrogens is 214 g/mol. The van der Waals surface area contributed by atoms with Gasteiger partial charge in [-0.25, -0.2) is 0 Å². The first-order chi connectivity index (χ1) is 7.70. The SMILES string of the molecule is CCCCCCC(C)NC(C)CCSCC. The van der Waals surface area contributed by atoms with Crippen LogP contribution < -0.4 is 5.32 Å². The van der Waals surface area contributed by atoms with Crippen LogP contribution in [0.2, 0.25) is 0 Å². The van der Waals surface area contributed by atoms with Crippen molar-refractivity contribution in [2.45, 2.75) is 78.3 Å². The largest absolute Gasteiger partial charge is 0.312 e. The van der Waals surface area contributed by atoms with Gasteiger partial charge in [-0.1, -0.05) is 39.5 Å². The molecule has 0 aliphatic rings. The minimum absolute atomic E-state index is 0.681. The smallest absolute Gasteiger partial charge is 0.00490 e. The first kappa shape index (κ1) is 16.3. The summed E-state index contributed by atoms with van der Waals surface area (Å²) < 4.78 is 0. The first-order valence-corrected chi connectivity index (χ1v) is 8.19. The number of nitrogens with one attached hydrogen (secondary N) is 1. The Bertz CT molecular complexity index is 139. The number of rotatable bonds is 11. The fourth-order valence-corrected chi connectivity index (χ4v) is 2.74. The van der Waals surface area contributed by atoms with E-state index in [0.717, 1.165) is 0 Å². The molecule has 2 unspecified atom stereocenters. The fourth-order valence-electron chi connectivity index (χ4n) is 1.93. The van der Waals surface area contributed by atoms with Crippen LogP contribution in [0.25, 0.3) is 0 Å². The molecule has 1 N–H and O–H groups in total. The summed E-state index contributed by atoms with van der Waals surface area (Å²) in [4.78, 5) is 0. The minimum Gasteiger partial charge on any atom is -0.312 e. The third-order valence-electron chi connectivity index (χ3n) is 2.96. The Morgan fingerprint density at radius 1 is 0.938 bits per heavy atom. The van der Waals surface area contributed by atoms with E-state index in [4.69, 9.17) is 0 Å². The lowest BCUT2D eigenvalue weighted by atomic mass is 10.1. The second-order valence-corrected chi connectivity index (χ2v) is 6.20. The van der Waals surface area contributed by atoms with Crippen LogP contribution in [0.1, 0.15) is 66.2 Å². The Labute approximate surface area is 107 Å². The molecule has 0 fully saturated rings. The van der Waals surface area contributed by atoms with E-state index in [1.807, 2.05) is 11.8 Å². The zero-order valence-corrected chi connectivity index (χ0v) is 12.5. The number of hydrogen-bond donors (Lipinski definition) is 1. The molecule has 0 aromatic heterocycles. The van der Waals surface area contributed by atoms with Gasteiger partial charge in [0.2, 0.25) is 0 Å². The van der Waals surface area contributed by atoms with Crippen LogP contribution in [0.3, 0.4) is 0 Å². The number of thioether (sulfide) groups is 1. The highest BCUT2D eigenvalue weighted by Gasteiger charge is 2.06. The second kappa shape index (κ2) is 11.8. The molecule has 98 valence electrons. The van der Waals surface area contributed by atoms with Crippen LogP contribution >= 0.6 is 11.8 Å². The van der Waals surface area contributed by atoms with Gasteiger partial charge >= 0.3 is 0 Å². The summed E-state index contributed by atoms with van der Waals surface area (Å²) >= 11 is 2.05. The molecule has 0 aliphatic heterocycles. The zero-order valence-electron chi connectivity index (χ0n) is 11.7. The third-order valence-corrected chi connectivity index (χ3v) is 3.89. The summed E-state index contributed by atoms with van der Waals surface area (Å²) in [5.41, 5.74) is 0. The van der Waals surface area contributed by atoms with Crippen molar-refractivity contribution in [3.8, 4) is 0 Å². The molecule has 0 spiro atoms. The van der Waals surface area contributed by atoms with E-state index < -0.39 is 0 Å².